The lowest BCUT2D eigenvalue weighted by Gasteiger charge is -2.33. The molecule has 26 heavy (non-hydrogen) atoms. The first kappa shape index (κ1) is 17.8. The summed E-state index contributed by atoms with van der Waals surface area (Å²) in [5.41, 5.74) is 1.87. The Balaban J connectivity index is 1.53. The molecule has 1 N–H and O–H groups in total. The summed E-state index contributed by atoms with van der Waals surface area (Å²) in [6.45, 7) is 4.06. The number of nitrogens with one attached hydrogen (secondary N) is 1. The van der Waals surface area contributed by atoms with Gasteiger partial charge in [0.1, 0.15) is 0 Å². The zero-order chi connectivity index (χ0) is 18.5. The highest BCUT2D eigenvalue weighted by Crippen LogP contribution is 2.23. The molecule has 1 fully saturated rings. The lowest BCUT2D eigenvalue weighted by Crippen LogP contribution is -2.38. The van der Waals surface area contributed by atoms with E-state index in [-0.39, 0.29) is 11.6 Å². The molecule has 0 unspecified atom stereocenters. The summed E-state index contributed by atoms with van der Waals surface area (Å²) in [5, 5.41) is 14.0. The van der Waals surface area contributed by atoms with Crippen molar-refractivity contribution < 1.29 is 9.72 Å². The third-order valence-corrected chi connectivity index (χ3v) is 4.92. The Hall–Kier alpha value is -2.96. The van der Waals surface area contributed by atoms with Crippen LogP contribution >= 0.6 is 0 Å². The van der Waals surface area contributed by atoms with Gasteiger partial charge >= 0.3 is 0 Å². The predicted molar refractivity (Wildman–Crippen MR) is 99.3 cm³/mol. The smallest absolute Gasteiger partial charge is 0.273 e. The molecule has 1 amide bonds. The summed E-state index contributed by atoms with van der Waals surface area (Å²) < 4.78 is 0. The highest BCUT2D eigenvalue weighted by Gasteiger charge is 2.22. The van der Waals surface area contributed by atoms with Crippen molar-refractivity contribution >= 4 is 17.3 Å². The van der Waals surface area contributed by atoms with Gasteiger partial charge in [0.25, 0.3) is 11.6 Å². The first-order chi connectivity index (χ1) is 12.6. The van der Waals surface area contributed by atoms with Gasteiger partial charge in [-0.05, 0) is 43.9 Å². The number of aromatic nitrogens is 1. The average molecular weight is 354 g/mol. The van der Waals surface area contributed by atoms with Crippen LogP contribution < -0.4 is 10.2 Å². The molecule has 0 aliphatic carbocycles. The number of carbonyl (C=O) groups is 1. The second-order valence-electron chi connectivity index (χ2n) is 6.56. The number of nitro benzene ring substituents is 1. The van der Waals surface area contributed by atoms with Crippen LogP contribution in [0.15, 0.2) is 42.7 Å². The summed E-state index contributed by atoms with van der Waals surface area (Å²) in [4.78, 5) is 29.4. The average Bonchev–Trinajstić information content (AvgIpc) is 2.67. The monoisotopic (exact) mass is 354 g/mol. The van der Waals surface area contributed by atoms with Crippen LogP contribution in [-0.4, -0.2) is 35.4 Å². The van der Waals surface area contributed by atoms with Crippen LogP contribution in [0, 0.1) is 23.0 Å². The lowest BCUT2D eigenvalue weighted by atomic mass is 9.96. The van der Waals surface area contributed by atoms with Crippen LogP contribution in [0.4, 0.5) is 11.4 Å². The van der Waals surface area contributed by atoms with Crippen molar-refractivity contribution in [3.8, 4) is 0 Å². The molecule has 2 heterocycles. The zero-order valence-electron chi connectivity index (χ0n) is 14.7. The van der Waals surface area contributed by atoms with Crippen LogP contribution in [0.2, 0.25) is 0 Å². The number of rotatable bonds is 5. The first-order valence-electron chi connectivity index (χ1n) is 8.73. The van der Waals surface area contributed by atoms with Crippen LogP contribution in [0.1, 0.15) is 28.8 Å². The SMILES string of the molecule is Cc1c(C(=O)NCC2CCN(c3cccnc3)CC2)cccc1[N+](=O)[O-]. The van der Waals surface area contributed by atoms with Crippen molar-refractivity contribution in [2.24, 2.45) is 5.92 Å². The molecule has 1 aliphatic rings. The van der Waals surface area contributed by atoms with E-state index in [4.69, 9.17) is 0 Å². The molecular formula is C19H22N4O3. The molecule has 7 heteroatoms. The van der Waals surface area contributed by atoms with Gasteiger partial charge < -0.3 is 10.2 Å². The van der Waals surface area contributed by atoms with Gasteiger partial charge in [-0.3, -0.25) is 19.9 Å². The Labute approximate surface area is 152 Å². The van der Waals surface area contributed by atoms with Gasteiger partial charge in [-0.25, -0.2) is 0 Å². The quantitative estimate of drug-likeness (QED) is 0.659. The zero-order valence-corrected chi connectivity index (χ0v) is 14.7. The van der Waals surface area contributed by atoms with Crippen molar-refractivity contribution in [3.05, 3.63) is 64.0 Å². The summed E-state index contributed by atoms with van der Waals surface area (Å²) in [5.74, 6) is 0.159. The molecule has 1 saturated heterocycles. The lowest BCUT2D eigenvalue weighted by molar-refractivity contribution is -0.385. The van der Waals surface area contributed by atoms with Crippen molar-refractivity contribution in [2.45, 2.75) is 19.8 Å². The molecule has 2 aromatic rings. The van der Waals surface area contributed by atoms with Gasteiger partial charge in [0.15, 0.2) is 0 Å². The molecule has 3 rings (SSSR count). The van der Waals surface area contributed by atoms with Crippen molar-refractivity contribution in [3.63, 3.8) is 0 Å². The topological polar surface area (TPSA) is 88.4 Å². The van der Waals surface area contributed by atoms with E-state index in [1.807, 2.05) is 12.3 Å². The first-order valence-corrected chi connectivity index (χ1v) is 8.73. The molecule has 0 spiro atoms. The molecule has 1 aliphatic heterocycles. The predicted octanol–water partition coefficient (Wildman–Crippen LogP) is 2.94. The Bertz CT molecular complexity index is 787. The third kappa shape index (κ3) is 3.99. The van der Waals surface area contributed by atoms with E-state index >= 15 is 0 Å². The molecule has 0 radical (unpaired) electrons. The molecule has 0 atom stereocenters. The standard InChI is InChI=1S/C19H22N4O3/c1-14-17(5-2-6-18(14)23(25)26)19(24)21-12-15-7-10-22(11-8-15)16-4-3-9-20-13-16/h2-6,9,13,15H,7-8,10-12H2,1H3,(H,21,24). The largest absolute Gasteiger partial charge is 0.370 e. The Kier molecular flexibility index (Phi) is 5.46. The number of amides is 1. The van der Waals surface area contributed by atoms with E-state index in [1.54, 1.807) is 25.3 Å². The maximum atomic E-state index is 12.4. The minimum absolute atomic E-state index is 0.0255. The van der Waals surface area contributed by atoms with E-state index < -0.39 is 4.92 Å². The number of pyridine rings is 1. The molecule has 136 valence electrons. The van der Waals surface area contributed by atoms with Crippen LogP contribution in [0.25, 0.3) is 0 Å². The van der Waals surface area contributed by atoms with Gasteiger partial charge in [0, 0.05) is 43.0 Å². The number of hydrogen-bond acceptors (Lipinski definition) is 5. The fourth-order valence-corrected chi connectivity index (χ4v) is 3.34. The summed E-state index contributed by atoms with van der Waals surface area (Å²) >= 11 is 0. The van der Waals surface area contributed by atoms with Crippen molar-refractivity contribution in [1.82, 2.24) is 10.3 Å². The van der Waals surface area contributed by atoms with Gasteiger partial charge in [0.2, 0.25) is 0 Å². The van der Waals surface area contributed by atoms with Gasteiger partial charge in [0.05, 0.1) is 16.8 Å². The summed E-state index contributed by atoms with van der Waals surface area (Å²) in [6, 6.07) is 8.58. The van der Waals surface area contributed by atoms with Crippen molar-refractivity contribution in [2.75, 3.05) is 24.5 Å². The Morgan fingerprint density at radius 1 is 1.31 bits per heavy atom. The fourth-order valence-electron chi connectivity index (χ4n) is 3.34. The third-order valence-electron chi connectivity index (χ3n) is 4.92. The Morgan fingerprint density at radius 2 is 2.08 bits per heavy atom. The minimum Gasteiger partial charge on any atom is -0.370 e. The number of piperidine rings is 1. The number of nitrogens with zero attached hydrogens (tertiary/aromatic N) is 3. The van der Waals surface area contributed by atoms with Gasteiger partial charge in [-0.2, -0.15) is 0 Å². The Morgan fingerprint density at radius 3 is 2.73 bits per heavy atom. The van der Waals surface area contributed by atoms with Crippen molar-refractivity contribution in [1.29, 1.82) is 0 Å². The molecule has 7 nitrogen and oxygen atoms in total. The van der Waals surface area contributed by atoms with E-state index in [9.17, 15) is 14.9 Å². The van der Waals surface area contributed by atoms with E-state index in [1.165, 1.54) is 6.07 Å². The number of hydrogen-bond donors (Lipinski definition) is 1. The maximum Gasteiger partial charge on any atom is 0.273 e. The van der Waals surface area contributed by atoms with E-state index in [2.05, 4.69) is 21.3 Å². The number of carbonyl (C=O) groups excluding carboxylic acids is 1. The highest BCUT2D eigenvalue weighted by molar-refractivity contribution is 5.96. The summed E-state index contributed by atoms with van der Waals surface area (Å²) in [6.07, 6.45) is 5.61. The minimum atomic E-state index is -0.458. The second kappa shape index (κ2) is 7.95. The molecule has 1 aromatic carbocycles. The molecular weight excluding hydrogens is 332 g/mol. The molecule has 1 aromatic heterocycles. The number of anilines is 1. The van der Waals surface area contributed by atoms with E-state index in [0.717, 1.165) is 31.6 Å². The van der Waals surface area contributed by atoms with E-state index in [0.29, 0.717) is 23.6 Å². The summed E-state index contributed by atoms with van der Waals surface area (Å²) in [7, 11) is 0. The molecule has 0 saturated carbocycles. The number of benzene rings is 1. The van der Waals surface area contributed by atoms with Crippen LogP contribution in [0.3, 0.4) is 0 Å². The van der Waals surface area contributed by atoms with Crippen LogP contribution in [0.5, 0.6) is 0 Å². The second-order valence-corrected chi connectivity index (χ2v) is 6.56. The number of nitro groups is 1. The van der Waals surface area contributed by atoms with Gasteiger partial charge in [-0.15, -0.1) is 0 Å². The normalized spacial score (nSPS) is 14.9. The van der Waals surface area contributed by atoms with Gasteiger partial charge in [-0.1, -0.05) is 6.07 Å². The fraction of sp³-hybridized carbons (Fsp3) is 0.368. The molecule has 0 bridgehead atoms. The maximum absolute atomic E-state index is 12.4. The van der Waals surface area contributed by atoms with Crippen LogP contribution in [-0.2, 0) is 0 Å². The highest BCUT2D eigenvalue weighted by atomic mass is 16.6.